The molecule has 2 atom stereocenters. The van der Waals surface area contributed by atoms with Gasteiger partial charge < -0.3 is 15.1 Å². The third kappa shape index (κ3) is 4.62. The highest BCUT2D eigenvalue weighted by molar-refractivity contribution is 6.30. The molecule has 1 amide bonds. The molecule has 112 valence electrons. The summed E-state index contributed by atoms with van der Waals surface area (Å²) < 4.78 is 5.31. The molecule has 0 unspecified atom stereocenters. The summed E-state index contributed by atoms with van der Waals surface area (Å²) >= 11 is 5.85. The fourth-order valence-electron chi connectivity index (χ4n) is 2.09. The molecule has 2 rings (SSSR count). The second kappa shape index (κ2) is 7.29. The lowest BCUT2D eigenvalue weighted by Crippen LogP contribution is -2.87. The highest BCUT2D eigenvalue weighted by Crippen LogP contribution is 2.15. The zero-order valence-electron chi connectivity index (χ0n) is 12.2. The Balaban J connectivity index is 1.80. The van der Waals surface area contributed by atoms with E-state index < -0.39 is 0 Å². The number of nitrogens with one attached hydrogen (secondary N) is 1. The first-order chi connectivity index (χ1) is 10.1. The van der Waals surface area contributed by atoms with Crippen LogP contribution in [0, 0.1) is 0 Å². The van der Waals surface area contributed by atoms with Gasteiger partial charge in [0.05, 0.1) is 12.3 Å². The maximum atomic E-state index is 12.0. The normalized spacial score (nSPS) is 13.7. The van der Waals surface area contributed by atoms with Crippen LogP contribution in [0.15, 0.2) is 47.1 Å². The monoisotopic (exact) mass is 307 g/mol. The quantitative estimate of drug-likeness (QED) is 0.861. The summed E-state index contributed by atoms with van der Waals surface area (Å²) in [5, 5.41) is 5.61. The van der Waals surface area contributed by atoms with Crippen LogP contribution in [0.25, 0.3) is 0 Å². The number of benzene rings is 1. The van der Waals surface area contributed by atoms with Crippen molar-refractivity contribution in [2.45, 2.75) is 25.9 Å². The molecular formula is C16H20ClN2O2+. The number of carbonyl (C=O) groups is 1. The number of halogens is 1. The topological polar surface area (TPSA) is 58.9 Å². The molecule has 0 aliphatic carbocycles. The Labute approximate surface area is 129 Å². The summed E-state index contributed by atoms with van der Waals surface area (Å²) in [5.41, 5.74) is 1.03. The predicted octanol–water partition coefficient (Wildman–Crippen LogP) is 2.43. The first kappa shape index (κ1) is 15.6. The van der Waals surface area contributed by atoms with Crippen LogP contribution in [0.2, 0.25) is 5.02 Å². The van der Waals surface area contributed by atoms with Crippen LogP contribution in [0.1, 0.15) is 37.3 Å². The van der Waals surface area contributed by atoms with Crippen molar-refractivity contribution >= 4 is 17.5 Å². The third-order valence-electron chi connectivity index (χ3n) is 3.40. The Bertz CT molecular complexity index is 566. The van der Waals surface area contributed by atoms with E-state index in [0.29, 0.717) is 11.6 Å². The van der Waals surface area contributed by atoms with E-state index in [1.807, 2.05) is 55.6 Å². The van der Waals surface area contributed by atoms with E-state index in [1.54, 1.807) is 6.26 Å². The molecule has 5 heteroatoms. The highest BCUT2D eigenvalue weighted by Gasteiger charge is 2.15. The number of carbonyl (C=O) groups excluding carboxylic acids is 1. The zero-order valence-corrected chi connectivity index (χ0v) is 12.9. The third-order valence-corrected chi connectivity index (χ3v) is 3.65. The van der Waals surface area contributed by atoms with E-state index in [1.165, 1.54) is 0 Å². The average molecular weight is 308 g/mol. The Kier molecular flexibility index (Phi) is 5.42. The molecule has 0 fully saturated rings. The number of quaternary nitrogens is 1. The van der Waals surface area contributed by atoms with Crippen molar-refractivity contribution in [3.05, 3.63) is 59.0 Å². The van der Waals surface area contributed by atoms with Gasteiger partial charge in [0, 0.05) is 5.02 Å². The van der Waals surface area contributed by atoms with Crippen molar-refractivity contribution in [1.29, 1.82) is 0 Å². The molecule has 1 heterocycles. The van der Waals surface area contributed by atoms with Gasteiger partial charge in [-0.1, -0.05) is 23.7 Å². The van der Waals surface area contributed by atoms with Crippen LogP contribution >= 0.6 is 11.6 Å². The lowest BCUT2D eigenvalue weighted by atomic mass is 10.1. The van der Waals surface area contributed by atoms with E-state index in [9.17, 15) is 4.79 Å². The maximum absolute atomic E-state index is 12.0. The van der Waals surface area contributed by atoms with Gasteiger partial charge in [-0.2, -0.15) is 0 Å². The Morgan fingerprint density at radius 3 is 2.62 bits per heavy atom. The van der Waals surface area contributed by atoms with E-state index >= 15 is 0 Å². The van der Waals surface area contributed by atoms with Crippen LogP contribution < -0.4 is 10.6 Å². The van der Waals surface area contributed by atoms with Crippen LogP contribution in [0.4, 0.5) is 0 Å². The van der Waals surface area contributed by atoms with E-state index in [0.717, 1.165) is 11.3 Å². The highest BCUT2D eigenvalue weighted by atomic mass is 35.5. The maximum Gasteiger partial charge on any atom is 0.275 e. The predicted molar refractivity (Wildman–Crippen MR) is 81.9 cm³/mol. The van der Waals surface area contributed by atoms with Gasteiger partial charge in [-0.3, -0.25) is 4.79 Å². The summed E-state index contributed by atoms with van der Waals surface area (Å²) in [6.45, 7) is 4.33. The lowest BCUT2D eigenvalue weighted by molar-refractivity contribution is -0.684. The van der Waals surface area contributed by atoms with Gasteiger partial charge in [0.15, 0.2) is 12.3 Å². The van der Waals surface area contributed by atoms with E-state index in [4.69, 9.17) is 16.0 Å². The first-order valence-electron chi connectivity index (χ1n) is 6.98. The minimum absolute atomic E-state index is 0.00384. The minimum atomic E-state index is -0.0397. The SMILES string of the molecule is C[C@H](NC(=O)C[NH2+][C@@H](C)c1ccco1)c1ccc(Cl)cc1. The van der Waals surface area contributed by atoms with Crippen molar-refractivity contribution in [1.82, 2.24) is 5.32 Å². The van der Waals surface area contributed by atoms with Gasteiger partial charge in [0.25, 0.3) is 5.91 Å². The van der Waals surface area contributed by atoms with Gasteiger partial charge in [-0.05, 0) is 43.7 Å². The van der Waals surface area contributed by atoms with E-state index in [2.05, 4.69) is 5.32 Å². The second-order valence-corrected chi connectivity index (χ2v) is 5.52. The van der Waals surface area contributed by atoms with Crippen LogP contribution in [0.3, 0.4) is 0 Å². The molecule has 0 spiro atoms. The number of nitrogens with two attached hydrogens (primary N) is 1. The molecule has 3 N–H and O–H groups in total. The van der Waals surface area contributed by atoms with Crippen molar-refractivity contribution in [3.63, 3.8) is 0 Å². The fourth-order valence-corrected chi connectivity index (χ4v) is 2.21. The summed E-state index contributed by atoms with van der Waals surface area (Å²) in [5.74, 6) is 0.865. The molecule has 0 saturated heterocycles. The Hall–Kier alpha value is -1.78. The second-order valence-electron chi connectivity index (χ2n) is 5.08. The molecule has 21 heavy (non-hydrogen) atoms. The summed E-state index contributed by atoms with van der Waals surface area (Å²) in [6, 6.07) is 11.3. The molecule has 0 aliphatic heterocycles. The van der Waals surface area contributed by atoms with Gasteiger partial charge in [-0.25, -0.2) is 0 Å². The zero-order chi connectivity index (χ0) is 15.2. The number of furan rings is 1. The smallest absolute Gasteiger partial charge is 0.275 e. The molecule has 0 bridgehead atoms. The molecule has 1 aromatic carbocycles. The van der Waals surface area contributed by atoms with E-state index in [-0.39, 0.29) is 18.0 Å². The van der Waals surface area contributed by atoms with Crippen LogP contribution in [-0.4, -0.2) is 12.5 Å². The van der Waals surface area contributed by atoms with Crippen LogP contribution in [-0.2, 0) is 4.79 Å². The number of rotatable bonds is 6. The Morgan fingerprint density at radius 1 is 1.29 bits per heavy atom. The summed E-state index contributed by atoms with van der Waals surface area (Å²) in [6.07, 6.45) is 1.64. The van der Waals surface area contributed by atoms with Crippen LogP contribution in [0.5, 0.6) is 0 Å². The van der Waals surface area contributed by atoms with Gasteiger partial charge in [0.1, 0.15) is 6.04 Å². The van der Waals surface area contributed by atoms with Crippen molar-refractivity contribution < 1.29 is 14.5 Å². The molecule has 1 aromatic heterocycles. The summed E-state index contributed by atoms with van der Waals surface area (Å²) in [4.78, 5) is 12.0. The average Bonchev–Trinajstić information content (AvgIpc) is 2.99. The largest absolute Gasteiger partial charge is 0.463 e. The van der Waals surface area contributed by atoms with Crippen molar-refractivity contribution in [3.8, 4) is 0 Å². The molecule has 2 aromatic rings. The van der Waals surface area contributed by atoms with Crippen molar-refractivity contribution in [2.24, 2.45) is 0 Å². The molecule has 0 saturated carbocycles. The molecule has 0 radical (unpaired) electrons. The molecular weight excluding hydrogens is 288 g/mol. The Morgan fingerprint density at radius 2 is 2.00 bits per heavy atom. The lowest BCUT2D eigenvalue weighted by Gasteiger charge is -2.14. The first-order valence-corrected chi connectivity index (χ1v) is 7.35. The fraction of sp³-hybridized carbons (Fsp3) is 0.312. The standard InChI is InChI=1S/C16H19ClN2O2/c1-11(13-5-7-14(17)8-6-13)19-16(20)10-18-12(2)15-4-3-9-21-15/h3-9,11-12,18H,10H2,1-2H3,(H,19,20)/p+1/t11-,12-/m0/s1. The number of hydrogen-bond donors (Lipinski definition) is 2. The van der Waals surface area contributed by atoms with Gasteiger partial charge in [-0.15, -0.1) is 0 Å². The number of amides is 1. The molecule has 4 nitrogen and oxygen atoms in total. The minimum Gasteiger partial charge on any atom is -0.463 e. The van der Waals surface area contributed by atoms with Gasteiger partial charge >= 0.3 is 0 Å². The van der Waals surface area contributed by atoms with Gasteiger partial charge in [0.2, 0.25) is 0 Å². The molecule has 0 aliphatic rings. The number of hydrogen-bond acceptors (Lipinski definition) is 2. The van der Waals surface area contributed by atoms with Crippen molar-refractivity contribution in [2.75, 3.05) is 6.54 Å². The summed E-state index contributed by atoms with van der Waals surface area (Å²) in [7, 11) is 0.